The monoisotopic (exact) mass is 752 g/mol. The summed E-state index contributed by atoms with van der Waals surface area (Å²) in [5.74, 6) is -0.623. The van der Waals surface area contributed by atoms with E-state index in [4.69, 9.17) is 0 Å². The fraction of sp³-hybridized carbons (Fsp3) is 0.0370. The zero-order valence-electron chi connectivity index (χ0n) is 32.1. The van der Waals surface area contributed by atoms with Gasteiger partial charge in [0.1, 0.15) is 11.6 Å². The van der Waals surface area contributed by atoms with Gasteiger partial charge in [0.2, 0.25) is 0 Å². The Morgan fingerprint density at radius 2 is 0.690 bits per heavy atom. The van der Waals surface area contributed by atoms with Crippen LogP contribution in [0, 0.1) is 25.5 Å². The van der Waals surface area contributed by atoms with Crippen LogP contribution in [-0.2, 0) is 0 Å². The molecule has 58 heavy (non-hydrogen) atoms. The Morgan fingerprint density at radius 1 is 0.310 bits per heavy atom. The lowest BCUT2D eigenvalue weighted by molar-refractivity contribution is 0.628. The summed E-state index contributed by atoms with van der Waals surface area (Å²) in [6.45, 7) is 4.15. The quantitative estimate of drug-likeness (QED) is 0.143. The van der Waals surface area contributed by atoms with Crippen LogP contribution in [0.15, 0.2) is 194 Å². The van der Waals surface area contributed by atoms with E-state index in [1.54, 1.807) is 12.1 Å². The molecule has 0 aliphatic rings. The van der Waals surface area contributed by atoms with E-state index in [-0.39, 0.29) is 11.6 Å². The summed E-state index contributed by atoms with van der Waals surface area (Å²) in [6.07, 6.45) is 0. The maximum Gasteiger partial charge on any atom is 0.147 e. The molecule has 0 heterocycles. The second kappa shape index (κ2) is 14.3. The van der Waals surface area contributed by atoms with Crippen molar-refractivity contribution in [3.05, 3.63) is 217 Å². The minimum absolute atomic E-state index is 0.311. The summed E-state index contributed by atoms with van der Waals surface area (Å²) >= 11 is 0. The smallest absolute Gasteiger partial charge is 0.147 e. The van der Waals surface area contributed by atoms with Crippen molar-refractivity contribution in [3.63, 3.8) is 0 Å². The van der Waals surface area contributed by atoms with Crippen molar-refractivity contribution in [2.45, 2.75) is 13.8 Å². The van der Waals surface area contributed by atoms with Gasteiger partial charge in [-0.25, -0.2) is 8.78 Å². The molecule has 0 aromatic heterocycles. The highest BCUT2D eigenvalue weighted by Crippen LogP contribution is 2.49. The van der Waals surface area contributed by atoms with E-state index in [0.717, 1.165) is 88.4 Å². The van der Waals surface area contributed by atoms with Crippen molar-refractivity contribution in [2.75, 3.05) is 9.80 Å². The molecule has 0 unspecified atom stereocenters. The maximum atomic E-state index is 16.2. The SMILES string of the molecule is Cc1ccc(-c2ccccc2)cc1N(c1ccccc1F)c1ccc2ccc3c(N(c4cc(-c5ccccc5)ccc4C)c4ccccc4F)ccc4ccc1c2c43. The Kier molecular flexibility index (Phi) is 8.68. The lowest BCUT2D eigenvalue weighted by Gasteiger charge is -2.31. The summed E-state index contributed by atoms with van der Waals surface area (Å²) in [5.41, 5.74) is 10.7. The highest BCUT2D eigenvalue weighted by atomic mass is 19.1. The molecule has 0 amide bonds. The third-order valence-electron chi connectivity index (χ3n) is 11.4. The molecule has 0 saturated heterocycles. The first-order chi connectivity index (χ1) is 28.4. The number of anilines is 6. The van der Waals surface area contributed by atoms with Gasteiger partial charge in [-0.15, -0.1) is 0 Å². The first-order valence-corrected chi connectivity index (χ1v) is 19.6. The molecule has 0 fully saturated rings. The van der Waals surface area contributed by atoms with Crippen LogP contribution in [-0.4, -0.2) is 0 Å². The fourth-order valence-corrected chi connectivity index (χ4v) is 8.53. The van der Waals surface area contributed by atoms with Gasteiger partial charge in [-0.1, -0.05) is 146 Å². The first-order valence-electron chi connectivity index (χ1n) is 19.6. The number of halogens is 2. The second-order valence-electron chi connectivity index (χ2n) is 14.9. The summed E-state index contributed by atoms with van der Waals surface area (Å²) < 4.78 is 32.3. The average molecular weight is 753 g/mol. The van der Waals surface area contributed by atoms with Crippen molar-refractivity contribution in [3.8, 4) is 22.3 Å². The molecule has 0 spiro atoms. The molecular weight excluding hydrogens is 715 g/mol. The lowest BCUT2D eigenvalue weighted by atomic mass is 9.91. The molecule has 10 rings (SSSR count). The maximum absolute atomic E-state index is 16.2. The number of rotatable bonds is 8. The molecule has 0 radical (unpaired) electrons. The van der Waals surface area contributed by atoms with Crippen molar-refractivity contribution in [1.29, 1.82) is 0 Å². The molecule has 10 aromatic rings. The lowest BCUT2D eigenvalue weighted by Crippen LogP contribution is -2.14. The molecule has 10 aromatic carbocycles. The number of nitrogens with zero attached hydrogens (tertiary/aromatic N) is 2. The van der Waals surface area contributed by atoms with E-state index in [0.29, 0.717) is 11.4 Å². The molecule has 4 heteroatoms. The Bertz CT molecular complexity index is 2910. The number of hydrogen-bond donors (Lipinski definition) is 0. The topological polar surface area (TPSA) is 6.48 Å². The first kappa shape index (κ1) is 35.1. The van der Waals surface area contributed by atoms with Gasteiger partial charge in [-0.3, -0.25) is 0 Å². The summed E-state index contributed by atoms with van der Waals surface area (Å²) in [4.78, 5) is 4.13. The van der Waals surface area contributed by atoms with Gasteiger partial charge in [0.15, 0.2) is 0 Å². The zero-order chi connectivity index (χ0) is 39.3. The van der Waals surface area contributed by atoms with Crippen LogP contribution < -0.4 is 9.80 Å². The van der Waals surface area contributed by atoms with Crippen LogP contribution in [0.2, 0.25) is 0 Å². The van der Waals surface area contributed by atoms with Gasteiger partial charge in [0, 0.05) is 22.1 Å². The molecule has 2 nitrogen and oxygen atoms in total. The minimum atomic E-state index is -0.311. The van der Waals surface area contributed by atoms with Crippen LogP contribution in [0.3, 0.4) is 0 Å². The Balaban J connectivity index is 1.23. The summed E-state index contributed by atoms with van der Waals surface area (Å²) in [7, 11) is 0. The van der Waals surface area contributed by atoms with E-state index < -0.39 is 0 Å². The normalized spacial score (nSPS) is 11.4. The molecular formula is C54H38F2N2. The van der Waals surface area contributed by atoms with Crippen LogP contribution in [0.1, 0.15) is 11.1 Å². The van der Waals surface area contributed by atoms with Gasteiger partial charge in [-0.05, 0) is 117 Å². The van der Waals surface area contributed by atoms with Gasteiger partial charge in [0.25, 0.3) is 0 Å². The zero-order valence-corrected chi connectivity index (χ0v) is 32.1. The predicted octanol–water partition coefficient (Wildman–Crippen LogP) is 15.8. The van der Waals surface area contributed by atoms with Gasteiger partial charge < -0.3 is 9.80 Å². The van der Waals surface area contributed by atoms with E-state index in [9.17, 15) is 0 Å². The number of hydrogen-bond acceptors (Lipinski definition) is 2. The van der Waals surface area contributed by atoms with E-state index in [1.807, 2.05) is 60.7 Å². The van der Waals surface area contributed by atoms with Gasteiger partial charge in [-0.2, -0.15) is 0 Å². The highest BCUT2D eigenvalue weighted by molar-refractivity contribution is 6.28. The van der Waals surface area contributed by atoms with E-state index in [2.05, 4.69) is 133 Å². The number of aryl methyl sites for hydroxylation is 2. The third-order valence-corrected chi connectivity index (χ3v) is 11.4. The van der Waals surface area contributed by atoms with Crippen molar-refractivity contribution >= 4 is 66.4 Å². The van der Waals surface area contributed by atoms with Crippen LogP contribution >= 0.6 is 0 Å². The second-order valence-corrected chi connectivity index (χ2v) is 14.9. The molecule has 0 aliphatic heterocycles. The number of benzene rings is 10. The standard InChI is InChI=1S/C54H38F2N2/c1-35-21-23-41(37-13-5-3-6-14-37)33-51(35)57(49-19-11-9-17-45(49)55)47-31-27-39-26-30-44-48(32-28-40-25-29-43(47)53(39)54(40)44)58(50-20-12-10-18-46(50)56)52-34-42(24-22-36(52)2)38-15-7-4-8-16-38/h3-34H,1-2H3. The molecule has 0 N–H and O–H groups in total. The highest BCUT2D eigenvalue weighted by Gasteiger charge is 2.25. The van der Waals surface area contributed by atoms with Gasteiger partial charge in [0.05, 0.1) is 22.7 Å². The molecule has 0 aliphatic carbocycles. The summed E-state index contributed by atoms with van der Waals surface area (Å²) in [5, 5.41) is 6.24. The van der Waals surface area contributed by atoms with Crippen molar-refractivity contribution in [2.24, 2.45) is 0 Å². The molecule has 278 valence electrons. The van der Waals surface area contributed by atoms with Crippen LogP contribution in [0.5, 0.6) is 0 Å². The third kappa shape index (κ3) is 5.93. The molecule has 0 saturated carbocycles. The van der Waals surface area contributed by atoms with E-state index in [1.165, 1.54) is 12.1 Å². The largest absolute Gasteiger partial charge is 0.307 e. The average Bonchev–Trinajstić information content (AvgIpc) is 3.26. The fourth-order valence-electron chi connectivity index (χ4n) is 8.53. The van der Waals surface area contributed by atoms with Crippen LogP contribution in [0.4, 0.5) is 42.9 Å². The Morgan fingerprint density at radius 3 is 1.10 bits per heavy atom. The van der Waals surface area contributed by atoms with Crippen LogP contribution in [0.25, 0.3) is 54.6 Å². The number of para-hydroxylation sites is 2. The molecule has 0 atom stereocenters. The Labute approximate surface area is 336 Å². The van der Waals surface area contributed by atoms with E-state index >= 15 is 8.78 Å². The Hall–Kier alpha value is -7.30. The van der Waals surface area contributed by atoms with Crippen molar-refractivity contribution < 1.29 is 8.78 Å². The van der Waals surface area contributed by atoms with Gasteiger partial charge >= 0.3 is 0 Å². The minimum Gasteiger partial charge on any atom is -0.307 e. The molecule has 0 bridgehead atoms. The summed E-state index contributed by atoms with van der Waals surface area (Å²) in [6, 6.07) is 64.4. The predicted molar refractivity (Wildman–Crippen MR) is 240 cm³/mol. The van der Waals surface area contributed by atoms with Crippen molar-refractivity contribution in [1.82, 2.24) is 0 Å².